The molecule has 0 spiro atoms. The number of halogens is 3. The average Bonchev–Trinajstić information content (AvgIpc) is 2.72. The van der Waals surface area contributed by atoms with E-state index in [9.17, 15) is 4.39 Å². The van der Waals surface area contributed by atoms with Crippen molar-refractivity contribution in [3.05, 3.63) is 34.4 Å². The second kappa shape index (κ2) is 5.46. The fourth-order valence-corrected chi connectivity index (χ4v) is 1.72. The molecule has 0 aliphatic rings. The summed E-state index contributed by atoms with van der Waals surface area (Å²) in [7, 11) is 0. The van der Waals surface area contributed by atoms with Crippen molar-refractivity contribution in [1.29, 1.82) is 0 Å². The Hall–Kier alpha value is -1.14. The topological polar surface area (TPSA) is 51.0 Å². The third kappa shape index (κ3) is 3.17. The van der Waals surface area contributed by atoms with Crippen LogP contribution in [0.1, 0.15) is 5.89 Å². The number of nitrogens with zero attached hydrogens (tertiary/aromatic N) is 2. The van der Waals surface area contributed by atoms with Crippen molar-refractivity contribution in [3.8, 4) is 0 Å². The van der Waals surface area contributed by atoms with Crippen LogP contribution in [0.4, 0.5) is 16.1 Å². The highest BCUT2D eigenvalue weighted by Crippen LogP contribution is 2.23. The normalized spacial score (nSPS) is 10.5. The van der Waals surface area contributed by atoms with Crippen LogP contribution in [0.25, 0.3) is 0 Å². The molecule has 1 aromatic carbocycles. The third-order valence-electron chi connectivity index (χ3n) is 1.95. The van der Waals surface area contributed by atoms with E-state index in [-0.39, 0.29) is 11.7 Å². The number of hydrogen-bond donors (Lipinski definition) is 1. The van der Waals surface area contributed by atoms with Gasteiger partial charge in [0.2, 0.25) is 5.89 Å². The molecule has 7 heteroatoms. The Labute approximate surface area is 110 Å². The maximum atomic E-state index is 13.4. The van der Waals surface area contributed by atoms with Crippen LogP contribution < -0.4 is 5.32 Å². The van der Waals surface area contributed by atoms with Crippen LogP contribution in [0.3, 0.4) is 0 Å². The van der Waals surface area contributed by atoms with Crippen molar-refractivity contribution in [2.24, 2.45) is 0 Å². The van der Waals surface area contributed by atoms with Crippen LogP contribution in [0, 0.1) is 5.82 Å². The molecule has 2 rings (SSSR count). The van der Waals surface area contributed by atoms with Gasteiger partial charge >= 0.3 is 6.01 Å². The summed E-state index contributed by atoms with van der Waals surface area (Å²) in [5.41, 5.74) is 0.264. The molecule has 0 unspecified atom stereocenters. The minimum absolute atomic E-state index is 0.141. The van der Waals surface area contributed by atoms with Crippen LogP contribution in [-0.4, -0.2) is 16.1 Å². The molecule has 0 bridgehead atoms. The molecule has 90 valence electrons. The van der Waals surface area contributed by atoms with E-state index >= 15 is 0 Å². The van der Waals surface area contributed by atoms with E-state index < -0.39 is 5.82 Å². The minimum atomic E-state index is -0.398. The largest absolute Gasteiger partial charge is 0.408 e. The zero-order valence-corrected chi connectivity index (χ0v) is 10.9. The SMILES string of the molecule is Fc1ccc(Br)cc1Nc1nnc(CCCl)o1. The number of anilines is 2. The molecule has 0 radical (unpaired) electrons. The first-order chi connectivity index (χ1) is 8.19. The van der Waals surface area contributed by atoms with E-state index in [0.29, 0.717) is 18.2 Å². The Morgan fingerprint density at radius 3 is 3.00 bits per heavy atom. The Morgan fingerprint density at radius 2 is 2.24 bits per heavy atom. The Morgan fingerprint density at radius 1 is 1.41 bits per heavy atom. The number of rotatable bonds is 4. The Kier molecular flexibility index (Phi) is 3.96. The summed E-state index contributed by atoms with van der Waals surface area (Å²) < 4.78 is 19.4. The van der Waals surface area contributed by atoms with E-state index in [4.69, 9.17) is 16.0 Å². The van der Waals surface area contributed by atoms with Crippen molar-refractivity contribution < 1.29 is 8.81 Å². The summed E-state index contributed by atoms with van der Waals surface area (Å²) >= 11 is 8.79. The van der Waals surface area contributed by atoms with Gasteiger partial charge in [0, 0.05) is 16.8 Å². The molecule has 0 amide bonds. The maximum absolute atomic E-state index is 13.4. The number of hydrogen-bond acceptors (Lipinski definition) is 4. The van der Waals surface area contributed by atoms with Gasteiger partial charge in [-0.1, -0.05) is 21.0 Å². The second-order valence-electron chi connectivity index (χ2n) is 3.19. The summed E-state index contributed by atoms with van der Waals surface area (Å²) in [6.07, 6.45) is 0.483. The lowest BCUT2D eigenvalue weighted by atomic mass is 10.3. The molecule has 17 heavy (non-hydrogen) atoms. The van der Waals surface area contributed by atoms with E-state index in [2.05, 4.69) is 31.4 Å². The fourth-order valence-electron chi connectivity index (χ4n) is 1.19. The van der Waals surface area contributed by atoms with Crippen LogP contribution in [-0.2, 0) is 6.42 Å². The number of benzene rings is 1. The predicted molar refractivity (Wildman–Crippen MR) is 66.1 cm³/mol. The van der Waals surface area contributed by atoms with Crippen LogP contribution >= 0.6 is 27.5 Å². The summed E-state index contributed by atoms with van der Waals surface area (Å²) in [5, 5.41) is 10.2. The lowest BCUT2D eigenvalue weighted by molar-refractivity contribution is 0.515. The highest BCUT2D eigenvalue weighted by Gasteiger charge is 2.08. The van der Waals surface area contributed by atoms with Crippen molar-refractivity contribution in [2.75, 3.05) is 11.2 Å². The van der Waals surface area contributed by atoms with Gasteiger partial charge in [-0.3, -0.25) is 0 Å². The van der Waals surface area contributed by atoms with Crippen molar-refractivity contribution in [3.63, 3.8) is 0 Å². The Bertz CT molecular complexity index is 520. The van der Waals surface area contributed by atoms with Gasteiger partial charge in [0.05, 0.1) is 5.69 Å². The number of aromatic nitrogens is 2. The van der Waals surface area contributed by atoms with E-state index in [1.165, 1.54) is 6.07 Å². The monoisotopic (exact) mass is 319 g/mol. The quantitative estimate of drug-likeness (QED) is 0.876. The lowest BCUT2D eigenvalue weighted by Gasteiger charge is -2.02. The number of aryl methyl sites for hydroxylation is 1. The third-order valence-corrected chi connectivity index (χ3v) is 2.63. The molecule has 0 aliphatic carbocycles. The fraction of sp³-hybridized carbons (Fsp3) is 0.200. The maximum Gasteiger partial charge on any atom is 0.320 e. The first-order valence-electron chi connectivity index (χ1n) is 4.79. The van der Waals surface area contributed by atoms with Gasteiger partial charge in [-0.2, -0.15) is 0 Å². The van der Waals surface area contributed by atoms with Gasteiger partial charge in [-0.15, -0.1) is 16.7 Å². The summed E-state index contributed by atoms with van der Waals surface area (Å²) in [6.45, 7) is 0. The summed E-state index contributed by atoms with van der Waals surface area (Å²) in [5.74, 6) is 0.413. The van der Waals surface area contributed by atoms with Crippen LogP contribution in [0.15, 0.2) is 27.1 Å². The van der Waals surface area contributed by atoms with Gasteiger partial charge in [0.1, 0.15) is 5.82 Å². The number of alkyl halides is 1. The molecule has 0 saturated heterocycles. The molecule has 2 aromatic rings. The van der Waals surface area contributed by atoms with Gasteiger partial charge in [0.15, 0.2) is 0 Å². The molecule has 0 aliphatic heterocycles. The first kappa shape index (κ1) is 12.3. The minimum Gasteiger partial charge on any atom is -0.408 e. The zero-order chi connectivity index (χ0) is 12.3. The van der Waals surface area contributed by atoms with Gasteiger partial charge in [-0.05, 0) is 18.2 Å². The average molecular weight is 321 g/mol. The van der Waals surface area contributed by atoms with E-state index in [1.54, 1.807) is 12.1 Å². The van der Waals surface area contributed by atoms with Gasteiger partial charge < -0.3 is 9.73 Å². The molecule has 1 aromatic heterocycles. The standard InChI is InChI=1S/C10H8BrClFN3O/c11-6-1-2-7(13)8(5-6)14-10-16-15-9(17-10)3-4-12/h1-2,5H,3-4H2,(H,14,16). The van der Waals surface area contributed by atoms with Crippen molar-refractivity contribution in [1.82, 2.24) is 10.2 Å². The lowest BCUT2D eigenvalue weighted by Crippen LogP contribution is -1.93. The second-order valence-corrected chi connectivity index (χ2v) is 4.48. The van der Waals surface area contributed by atoms with E-state index in [0.717, 1.165) is 4.47 Å². The molecule has 0 fully saturated rings. The molecule has 1 heterocycles. The molecular formula is C10H8BrClFN3O. The molecule has 1 N–H and O–H groups in total. The van der Waals surface area contributed by atoms with E-state index in [1.807, 2.05) is 0 Å². The predicted octanol–water partition coefficient (Wildman–Crippen LogP) is 3.50. The summed E-state index contributed by atoms with van der Waals surface area (Å²) in [6, 6.07) is 4.67. The Balaban J connectivity index is 2.16. The molecule has 0 atom stereocenters. The van der Waals surface area contributed by atoms with Gasteiger partial charge in [0.25, 0.3) is 0 Å². The zero-order valence-electron chi connectivity index (χ0n) is 8.58. The van der Waals surface area contributed by atoms with Crippen molar-refractivity contribution >= 4 is 39.2 Å². The highest BCUT2D eigenvalue weighted by atomic mass is 79.9. The molecular weight excluding hydrogens is 312 g/mol. The molecule has 4 nitrogen and oxygen atoms in total. The summed E-state index contributed by atoms with van der Waals surface area (Å²) in [4.78, 5) is 0. The van der Waals surface area contributed by atoms with Crippen LogP contribution in [0.5, 0.6) is 0 Å². The van der Waals surface area contributed by atoms with Crippen LogP contribution in [0.2, 0.25) is 0 Å². The first-order valence-corrected chi connectivity index (χ1v) is 6.12. The van der Waals surface area contributed by atoms with Gasteiger partial charge in [-0.25, -0.2) is 4.39 Å². The smallest absolute Gasteiger partial charge is 0.320 e. The van der Waals surface area contributed by atoms with Crippen molar-refractivity contribution in [2.45, 2.75) is 6.42 Å². The number of nitrogens with one attached hydrogen (secondary N) is 1. The highest BCUT2D eigenvalue weighted by molar-refractivity contribution is 9.10. The molecule has 0 saturated carbocycles.